The predicted molar refractivity (Wildman–Crippen MR) is 36.6 cm³/mol. The number of nitrogens with one attached hydrogen (secondary N) is 1. The molecular formula is C5H6ClN3. The molecule has 0 aliphatic heterocycles. The Bertz CT molecular complexity index is 184. The van der Waals surface area contributed by atoms with Gasteiger partial charge in [0.2, 0.25) is 5.95 Å². The quantitative estimate of drug-likeness (QED) is 0.642. The first-order chi connectivity index (χ1) is 4.33. The molecule has 0 atom stereocenters. The molecule has 0 unspecified atom stereocenters. The summed E-state index contributed by atoms with van der Waals surface area (Å²) in [5, 5.41) is 3.32. The van der Waals surface area contributed by atoms with Gasteiger partial charge in [0.05, 0.1) is 17.4 Å². The van der Waals surface area contributed by atoms with E-state index in [-0.39, 0.29) is 0 Å². The average Bonchev–Trinajstić information content (AvgIpc) is 1.90. The highest BCUT2D eigenvalue weighted by Gasteiger charge is 1.88. The Kier molecular flexibility index (Phi) is 1.85. The topological polar surface area (TPSA) is 37.8 Å². The van der Waals surface area contributed by atoms with Crippen LogP contribution in [0.4, 0.5) is 5.95 Å². The Labute approximate surface area is 58.1 Å². The van der Waals surface area contributed by atoms with Gasteiger partial charge in [-0.15, -0.1) is 0 Å². The van der Waals surface area contributed by atoms with Crippen LogP contribution in [0.2, 0.25) is 5.02 Å². The molecular weight excluding hydrogens is 138 g/mol. The Morgan fingerprint density at radius 1 is 1.44 bits per heavy atom. The lowest BCUT2D eigenvalue weighted by atomic mass is 10.7. The standard InChI is InChI=1S/C5H6ClN3/c1-7-5-8-2-4(6)3-9-5/h2-3H,1H3,(H,7,8,9). The molecule has 0 bridgehead atoms. The van der Waals surface area contributed by atoms with Crippen LogP contribution in [-0.4, -0.2) is 17.0 Å². The van der Waals surface area contributed by atoms with Crippen molar-refractivity contribution < 1.29 is 0 Å². The van der Waals surface area contributed by atoms with Crippen molar-refractivity contribution in [3.05, 3.63) is 17.4 Å². The number of nitrogens with zero attached hydrogens (tertiary/aromatic N) is 2. The normalized spacial score (nSPS) is 9.11. The number of hydrogen-bond acceptors (Lipinski definition) is 3. The van der Waals surface area contributed by atoms with Gasteiger partial charge in [-0.2, -0.15) is 0 Å². The van der Waals surface area contributed by atoms with E-state index in [4.69, 9.17) is 11.6 Å². The first-order valence-corrected chi connectivity index (χ1v) is 2.86. The van der Waals surface area contributed by atoms with Crippen molar-refractivity contribution >= 4 is 17.5 Å². The van der Waals surface area contributed by atoms with E-state index < -0.39 is 0 Å². The fourth-order valence-corrected chi connectivity index (χ4v) is 0.539. The molecule has 0 aliphatic rings. The largest absolute Gasteiger partial charge is 0.357 e. The first-order valence-electron chi connectivity index (χ1n) is 2.48. The maximum absolute atomic E-state index is 5.52. The maximum atomic E-state index is 5.52. The minimum Gasteiger partial charge on any atom is -0.357 e. The first kappa shape index (κ1) is 6.29. The summed E-state index contributed by atoms with van der Waals surface area (Å²) in [6, 6.07) is 0. The molecule has 1 aromatic heterocycles. The number of anilines is 1. The van der Waals surface area contributed by atoms with Gasteiger partial charge in [0, 0.05) is 7.05 Å². The molecule has 48 valence electrons. The summed E-state index contributed by atoms with van der Waals surface area (Å²) in [6.45, 7) is 0. The van der Waals surface area contributed by atoms with E-state index in [1.807, 2.05) is 0 Å². The second kappa shape index (κ2) is 2.64. The fourth-order valence-electron chi connectivity index (χ4n) is 0.441. The highest BCUT2D eigenvalue weighted by molar-refractivity contribution is 6.30. The van der Waals surface area contributed by atoms with Crippen molar-refractivity contribution in [2.24, 2.45) is 0 Å². The van der Waals surface area contributed by atoms with E-state index >= 15 is 0 Å². The zero-order chi connectivity index (χ0) is 6.69. The van der Waals surface area contributed by atoms with Crippen molar-refractivity contribution in [2.45, 2.75) is 0 Å². The van der Waals surface area contributed by atoms with E-state index in [9.17, 15) is 0 Å². The van der Waals surface area contributed by atoms with Crippen LogP contribution in [0.3, 0.4) is 0 Å². The van der Waals surface area contributed by atoms with E-state index in [1.54, 1.807) is 19.4 Å². The number of hydrogen-bond donors (Lipinski definition) is 1. The summed E-state index contributed by atoms with van der Waals surface area (Å²) in [6.07, 6.45) is 3.08. The van der Waals surface area contributed by atoms with E-state index in [1.165, 1.54) is 0 Å². The third-order valence-electron chi connectivity index (χ3n) is 0.844. The van der Waals surface area contributed by atoms with Crippen molar-refractivity contribution in [3.8, 4) is 0 Å². The summed E-state index contributed by atoms with van der Waals surface area (Å²) in [4.78, 5) is 7.69. The van der Waals surface area contributed by atoms with Gasteiger partial charge in [0.25, 0.3) is 0 Å². The highest BCUT2D eigenvalue weighted by atomic mass is 35.5. The third-order valence-corrected chi connectivity index (χ3v) is 1.04. The van der Waals surface area contributed by atoms with Gasteiger partial charge in [0.15, 0.2) is 0 Å². The third kappa shape index (κ3) is 1.54. The lowest BCUT2D eigenvalue weighted by Crippen LogP contribution is -1.93. The summed E-state index contributed by atoms with van der Waals surface area (Å²) in [5.74, 6) is 0.583. The molecule has 9 heavy (non-hydrogen) atoms. The average molecular weight is 144 g/mol. The van der Waals surface area contributed by atoms with Gasteiger partial charge in [-0.05, 0) is 0 Å². The molecule has 0 aromatic carbocycles. The zero-order valence-electron chi connectivity index (χ0n) is 4.93. The Hall–Kier alpha value is -0.830. The van der Waals surface area contributed by atoms with Crippen molar-refractivity contribution in [3.63, 3.8) is 0 Å². The molecule has 0 amide bonds. The van der Waals surface area contributed by atoms with Crippen LogP contribution in [0.15, 0.2) is 12.4 Å². The Balaban J connectivity index is 2.88. The predicted octanol–water partition coefficient (Wildman–Crippen LogP) is 1.17. The van der Waals surface area contributed by atoms with E-state index in [0.29, 0.717) is 11.0 Å². The molecule has 1 heterocycles. The highest BCUT2D eigenvalue weighted by Crippen LogP contribution is 2.03. The molecule has 0 spiro atoms. The van der Waals surface area contributed by atoms with Gasteiger partial charge in [-0.25, -0.2) is 9.97 Å². The fraction of sp³-hybridized carbons (Fsp3) is 0.200. The van der Waals surface area contributed by atoms with Crippen LogP contribution in [0.5, 0.6) is 0 Å². The molecule has 3 nitrogen and oxygen atoms in total. The minimum atomic E-state index is 0.550. The SMILES string of the molecule is CNc1ncc(Cl)cn1. The molecule has 0 radical (unpaired) electrons. The number of rotatable bonds is 1. The maximum Gasteiger partial charge on any atom is 0.222 e. The van der Waals surface area contributed by atoms with Crippen LogP contribution in [0, 0.1) is 0 Å². The lowest BCUT2D eigenvalue weighted by Gasteiger charge is -1.93. The molecule has 0 aliphatic carbocycles. The molecule has 0 fully saturated rings. The summed E-state index contributed by atoms with van der Waals surface area (Å²) < 4.78 is 0. The van der Waals surface area contributed by atoms with Crippen molar-refractivity contribution in [2.75, 3.05) is 12.4 Å². The molecule has 0 saturated heterocycles. The lowest BCUT2D eigenvalue weighted by molar-refractivity contribution is 1.15. The van der Waals surface area contributed by atoms with Gasteiger partial charge in [-0.1, -0.05) is 11.6 Å². The van der Waals surface area contributed by atoms with Crippen molar-refractivity contribution in [1.82, 2.24) is 9.97 Å². The summed E-state index contributed by atoms with van der Waals surface area (Å²) in [7, 11) is 1.75. The van der Waals surface area contributed by atoms with Crippen LogP contribution in [-0.2, 0) is 0 Å². The smallest absolute Gasteiger partial charge is 0.222 e. The second-order valence-electron chi connectivity index (χ2n) is 1.47. The monoisotopic (exact) mass is 143 g/mol. The van der Waals surface area contributed by atoms with E-state index in [2.05, 4.69) is 15.3 Å². The van der Waals surface area contributed by atoms with Gasteiger partial charge < -0.3 is 5.32 Å². The van der Waals surface area contributed by atoms with Crippen LogP contribution in [0.25, 0.3) is 0 Å². The Morgan fingerprint density at radius 3 is 2.44 bits per heavy atom. The minimum absolute atomic E-state index is 0.550. The van der Waals surface area contributed by atoms with E-state index in [0.717, 1.165) is 0 Å². The molecule has 1 rings (SSSR count). The van der Waals surface area contributed by atoms with Crippen LogP contribution in [0.1, 0.15) is 0 Å². The van der Waals surface area contributed by atoms with Crippen LogP contribution >= 0.6 is 11.6 Å². The van der Waals surface area contributed by atoms with Crippen molar-refractivity contribution in [1.29, 1.82) is 0 Å². The molecule has 1 aromatic rings. The number of aromatic nitrogens is 2. The van der Waals surface area contributed by atoms with Gasteiger partial charge in [-0.3, -0.25) is 0 Å². The summed E-state index contributed by atoms with van der Waals surface area (Å²) in [5.41, 5.74) is 0. The Morgan fingerprint density at radius 2 is 2.00 bits per heavy atom. The summed E-state index contributed by atoms with van der Waals surface area (Å²) >= 11 is 5.52. The number of halogens is 1. The van der Waals surface area contributed by atoms with Gasteiger partial charge >= 0.3 is 0 Å². The van der Waals surface area contributed by atoms with Crippen LogP contribution < -0.4 is 5.32 Å². The second-order valence-corrected chi connectivity index (χ2v) is 1.91. The zero-order valence-corrected chi connectivity index (χ0v) is 5.68. The molecule has 0 saturated carbocycles. The molecule has 1 N–H and O–H groups in total. The molecule has 4 heteroatoms. The van der Waals surface area contributed by atoms with Gasteiger partial charge in [0.1, 0.15) is 0 Å².